The summed E-state index contributed by atoms with van der Waals surface area (Å²) in [7, 11) is 0. The van der Waals surface area contributed by atoms with E-state index >= 15 is 0 Å². The first-order valence-electron chi connectivity index (χ1n) is 11.2. The number of rotatable bonds is 7. The van der Waals surface area contributed by atoms with Crippen LogP contribution in [0.15, 0.2) is 47.8 Å². The summed E-state index contributed by atoms with van der Waals surface area (Å²) >= 11 is 1.70. The largest absolute Gasteiger partial charge is 0.335 e. The molecule has 0 saturated heterocycles. The number of carbonyl (C=O) groups is 1. The van der Waals surface area contributed by atoms with Gasteiger partial charge in [0, 0.05) is 36.6 Å². The Morgan fingerprint density at radius 3 is 2.69 bits per heavy atom. The van der Waals surface area contributed by atoms with Crippen LogP contribution in [0.3, 0.4) is 0 Å². The maximum absolute atomic E-state index is 13.3. The molecule has 0 unspecified atom stereocenters. The molecule has 4 aromatic rings. The lowest BCUT2D eigenvalue weighted by Crippen LogP contribution is -2.33. The molecule has 1 aliphatic rings. The molecule has 0 bridgehead atoms. The first-order chi connectivity index (χ1) is 15.5. The van der Waals surface area contributed by atoms with Gasteiger partial charge in [-0.15, -0.1) is 11.3 Å². The van der Waals surface area contributed by atoms with Crippen LogP contribution in [0.2, 0.25) is 0 Å². The van der Waals surface area contributed by atoms with Gasteiger partial charge in [-0.2, -0.15) is 5.10 Å². The zero-order valence-electron chi connectivity index (χ0n) is 18.8. The summed E-state index contributed by atoms with van der Waals surface area (Å²) in [4.78, 5) is 21.5. The molecule has 1 amide bonds. The van der Waals surface area contributed by atoms with Crippen molar-refractivity contribution in [3.8, 4) is 10.6 Å². The maximum atomic E-state index is 13.3. The van der Waals surface area contributed by atoms with Crippen molar-refractivity contribution in [1.82, 2.24) is 19.7 Å². The van der Waals surface area contributed by atoms with Gasteiger partial charge in [0.05, 0.1) is 21.8 Å². The van der Waals surface area contributed by atoms with Gasteiger partial charge in [0.1, 0.15) is 0 Å². The molecule has 1 saturated carbocycles. The van der Waals surface area contributed by atoms with E-state index in [1.54, 1.807) is 11.3 Å². The van der Waals surface area contributed by atoms with E-state index in [1.807, 2.05) is 18.5 Å². The van der Waals surface area contributed by atoms with Crippen molar-refractivity contribution in [2.75, 3.05) is 0 Å². The highest BCUT2D eigenvalue weighted by Gasteiger charge is 2.33. The van der Waals surface area contributed by atoms with E-state index < -0.39 is 0 Å². The van der Waals surface area contributed by atoms with Gasteiger partial charge in [-0.25, -0.2) is 4.98 Å². The summed E-state index contributed by atoms with van der Waals surface area (Å²) in [5.74, 6) is 0.196. The highest BCUT2D eigenvalue weighted by atomic mass is 32.1. The SMILES string of the molecule is Cc1ccc2cc(CN(C(=O)CCn3nc(C)cc3C)C3CC3)c(-c3cccs3)nc2c1. The van der Waals surface area contributed by atoms with Crippen molar-refractivity contribution in [2.24, 2.45) is 0 Å². The highest BCUT2D eigenvalue weighted by Crippen LogP contribution is 2.34. The van der Waals surface area contributed by atoms with Crippen molar-refractivity contribution in [1.29, 1.82) is 0 Å². The van der Waals surface area contributed by atoms with Gasteiger partial charge >= 0.3 is 0 Å². The van der Waals surface area contributed by atoms with E-state index in [2.05, 4.69) is 64.8 Å². The molecule has 0 radical (unpaired) electrons. The Morgan fingerprint density at radius 2 is 2.00 bits per heavy atom. The minimum atomic E-state index is 0.196. The van der Waals surface area contributed by atoms with Crippen LogP contribution >= 0.6 is 11.3 Å². The summed E-state index contributed by atoms with van der Waals surface area (Å²) < 4.78 is 1.94. The molecule has 164 valence electrons. The molecule has 1 aliphatic carbocycles. The van der Waals surface area contributed by atoms with E-state index in [0.717, 1.165) is 51.3 Å². The molecule has 0 N–H and O–H groups in total. The van der Waals surface area contributed by atoms with Crippen molar-refractivity contribution >= 4 is 28.1 Å². The molecule has 1 fully saturated rings. The highest BCUT2D eigenvalue weighted by molar-refractivity contribution is 7.13. The summed E-state index contributed by atoms with van der Waals surface area (Å²) in [6, 6.07) is 15.2. The third-order valence-corrected chi connectivity index (χ3v) is 6.97. The lowest BCUT2D eigenvalue weighted by Gasteiger charge is -2.24. The van der Waals surface area contributed by atoms with Gasteiger partial charge in [0.2, 0.25) is 5.91 Å². The second-order valence-electron chi connectivity index (χ2n) is 8.82. The van der Waals surface area contributed by atoms with Crippen LogP contribution < -0.4 is 0 Å². The topological polar surface area (TPSA) is 51.0 Å². The molecule has 1 aromatic carbocycles. The number of nitrogens with zero attached hydrogens (tertiary/aromatic N) is 4. The Bertz CT molecular complexity index is 1270. The molecule has 0 spiro atoms. The fourth-order valence-corrected chi connectivity index (χ4v) is 5.05. The number of amides is 1. The molecule has 32 heavy (non-hydrogen) atoms. The predicted molar refractivity (Wildman–Crippen MR) is 130 cm³/mol. The van der Waals surface area contributed by atoms with Crippen LogP contribution in [0.25, 0.3) is 21.5 Å². The van der Waals surface area contributed by atoms with Crippen LogP contribution in [0.4, 0.5) is 0 Å². The first-order valence-corrected chi connectivity index (χ1v) is 12.1. The van der Waals surface area contributed by atoms with Gasteiger partial charge in [-0.05, 0) is 74.4 Å². The number of fused-ring (bicyclic) bond motifs is 1. The first kappa shape index (κ1) is 20.9. The van der Waals surface area contributed by atoms with Gasteiger partial charge < -0.3 is 4.90 Å². The third kappa shape index (κ3) is 4.32. The van der Waals surface area contributed by atoms with Crippen LogP contribution in [0, 0.1) is 20.8 Å². The minimum Gasteiger partial charge on any atom is -0.335 e. The average molecular weight is 445 g/mol. The molecule has 0 aliphatic heterocycles. The second-order valence-corrected chi connectivity index (χ2v) is 9.77. The second kappa shape index (κ2) is 8.51. The Hall–Kier alpha value is -2.99. The minimum absolute atomic E-state index is 0.196. The third-order valence-electron chi connectivity index (χ3n) is 6.10. The molecular weight excluding hydrogens is 416 g/mol. The summed E-state index contributed by atoms with van der Waals surface area (Å²) in [5.41, 5.74) is 6.42. The summed E-state index contributed by atoms with van der Waals surface area (Å²) in [6.07, 6.45) is 2.63. The lowest BCUT2D eigenvalue weighted by molar-refractivity contribution is -0.132. The molecule has 0 atom stereocenters. The standard InChI is InChI=1S/C26H28N4OS/c1-17-6-7-20-15-21(26(27-23(20)13-17)24-5-4-12-32-24)16-29(22-8-9-22)25(31)10-11-30-19(3)14-18(2)28-30/h4-7,12-15,22H,8-11,16H2,1-3H3. The van der Waals surface area contributed by atoms with Gasteiger partial charge in [0.15, 0.2) is 0 Å². The van der Waals surface area contributed by atoms with E-state index in [-0.39, 0.29) is 5.91 Å². The van der Waals surface area contributed by atoms with Crippen LogP contribution in [-0.4, -0.2) is 31.6 Å². The number of pyridine rings is 1. The maximum Gasteiger partial charge on any atom is 0.224 e. The molecular formula is C26H28N4OS. The van der Waals surface area contributed by atoms with E-state index in [9.17, 15) is 4.79 Å². The predicted octanol–water partition coefficient (Wildman–Crippen LogP) is 5.67. The number of carbonyl (C=O) groups excluding carboxylic acids is 1. The smallest absolute Gasteiger partial charge is 0.224 e. The summed E-state index contributed by atoms with van der Waals surface area (Å²) in [6.45, 7) is 7.34. The van der Waals surface area contributed by atoms with Crippen molar-refractivity contribution in [2.45, 2.75) is 59.2 Å². The Kier molecular flexibility index (Phi) is 5.55. The van der Waals surface area contributed by atoms with Gasteiger partial charge in [0.25, 0.3) is 0 Å². The zero-order chi connectivity index (χ0) is 22.2. The lowest BCUT2D eigenvalue weighted by atomic mass is 10.1. The van der Waals surface area contributed by atoms with Gasteiger partial charge in [-0.1, -0.05) is 18.2 Å². The van der Waals surface area contributed by atoms with E-state index in [0.29, 0.717) is 25.6 Å². The Balaban J connectivity index is 1.44. The van der Waals surface area contributed by atoms with Crippen LogP contribution in [0.1, 0.15) is 41.8 Å². The Morgan fingerprint density at radius 1 is 1.16 bits per heavy atom. The number of hydrogen-bond donors (Lipinski definition) is 0. The van der Waals surface area contributed by atoms with E-state index in [1.165, 1.54) is 5.56 Å². The molecule has 6 heteroatoms. The number of benzene rings is 1. The average Bonchev–Trinajstić information content (AvgIpc) is 3.35. The molecule has 3 aromatic heterocycles. The fourth-order valence-electron chi connectivity index (χ4n) is 4.31. The zero-order valence-corrected chi connectivity index (χ0v) is 19.7. The van der Waals surface area contributed by atoms with Gasteiger partial charge in [-0.3, -0.25) is 9.48 Å². The normalized spacial score (nSPS) is 13.6. The monoisotopic (exact) mass is 444 g/mol. The summed E-state index contributed by atoms with van der Waals surface area (Å²) in [5, 5.41) is 7.72. The molecule has 5 nitrogen and oxygen atoms in total. The van der Waals surface area contributed by atoms with Crippen molar-refractivity contribution < 1.29 is 4.79 Å². The number of hydrogen-bond acceptors (Lipinski definition) is 4. The Labute approximate surface area is 192 Å². The number of aryl methyl sites for hydroxylation is 4. The van der Waals surface area contributed by atoms with E-state index in [4.69, 9.17) is 4.98 Å². The fraction of sp³-hybridized carbons (Fsp3) is 0.346. The number of aromatic nitrogens is 3. The molecule has 3 heterocycles. The quantitative estimate of drug-likeness (QED) is 0.369. The molecule has 5 rings (SSSR count). The van der Waals surface area contributed by atoms with Crippen molar-refractivity contribution in [3.05, 3.63) is 70.4 Å². The number of thiophene rings is 1. The van der Waals surface area contributed by atoms with Crippen LogP contribution in [0.5, 0.6) is 0 Å². The van der Waals surface area contributed by atoms with Crippen LogP contribution in [-0.2, 0) is 17.9 Å². The van der Waals surface area contributed by atoms with Crippen molar-refractivity contribution in [3.63, 3.8) is 0 Å².